The average Bonchev–Trinajstić information content (AvgIpc) is 2.49. The fourth-order valence-electron chi connectivity index (χ4n) is 1.48. The molecule has 0 heterocycles. The van der Waals surface area contributed by atoms with Crippen molar-refractivity contribution in [2.75, 3.05) is 0 Å². The Morgan fingerprint density at radius 2 is 1.71 bits per heavy atom. The van der Waals surface area contributed by atoms with Crippen LogP contribution in [0.1, 0.15) is 5.56 Å². The zero-order chi connectivity index (χ0) is 15.3. The van der Waals surface area contributed by atoms with E-state index in [1.54, 1.807) is 36.4 Å². The van der Waals surface area contributed by atoms with Crippen LogP contribution in [0.25, 0.3) is 0 Å². The third kappa shape index (κ3) is 3.58. The lowest BCUT2D eigenvalue weighted by Gasteiger charge is -2.02. The number of hydrogen-bond acceptors (Lipinski definition) is 6. The molecule has 0 unspecified atom stereocenters. The molecule has 6 nitrogen and oxygen atoms in total. The van der Waals surface area contributed by atoms with Crippen molar-refractivity contribution in [2.24, 2.45) is 5.16 Å². The molecule has 0 aromatic heterocycles. The van der Waals surface area contributed by atoms with Crippen LogP contribution in [0.4, 0.5) is 0 Å². The van der Waals surface area contributed by atoms with E-state index in [1.807, 2.05) is 0 Å². The SMILES string of the molecule is N#CC(=NOS(=O)(=O)c1ccc(O)cc1)c1ccccc1. The summed E-state index contributed by atoms with van der Waals surface area (Å²) < 4.78 is 28.3. The molecule has 0 fully saturated rings. The predicted octanol–water partition coefficient (Wildman–Crippen LogP) is 2.03. The molecule has 2 rings (SSSR count). The smallest absolute Gasteiger partial charge is 0.358 e. The van der Waals surface area contributed by atoms with E-state index in [-0.39, 0.29) is 16.4 Å². The number of benzene rings is 2. The molecule has 0 saturated heterocycles. The van der Waals surface area contributed by atoms with E-state index in [1.165, 1.54) is 24.3 Å². The molecule has 0 aliphatic heterocycles. The molecule has 2 aromatic carbocycles. The van der Waals surface area contributed by atoms with E-state index >= 15 is 0 Å². The minimum absolute atomic E-state index is 0.0700. The van der Waals surface area contributed by atoms with Crippen LogP contribution in [0.2, 0.25) is 0 Å². The van der Waals surface area contributed by atoms with Crippen molar-refractivity contribution in [2.45, 2.75) is 4.90 Å². The summed E-state index contributed by atoms with van der Waals surface area (Å²) in [5.74, 6) is -0.0700. The van der Waals surface area contributed by atoms with E-state index in [0.717, 1.165) is 0 Å². The van der Waals surface area contributed by atoms with Gasteiger partial charge in [-0.2, -0.15) is 13.7 Å². The second kappa shape index (κ2) is 6.07. The van der Waals surface area contributed by atoms with Crippen molar-refractivity contribution in [3.8, 4) is 11.8 Å². The Labute approximate surface area is 121 Å². The summed E-state index contributed by atoms with van der Waals surface area (Å²) in [5.41, 5.74) is 0.291. The minimum atomic E-state index is -4.14. The van der Waals surface area contributed by atoms with Crippen LogP contribution in [0.5, 0.6) is 5.75 Å². The van der Waals surface area contributed by atoms with Gasteiger partial charge in [-0.05, 0) is 24.3 Å². The van der Waals surface area contributed by atoms with E-state index < -0.39 is 10.1 Å². The quantitative estimate of drug-likeness (QED) is 0.688. The summed E-state index contributed by atoms with van der Waals surface area (Å²) in [5, 5.41) is 21.5. The largest absolute Gasteiger partial charge is 0.508 e. The first-order valence-corrected chi connectivity index (χ1v) is 7.20. The molecule has 7 heteroatoms. The van der Waals surface area contributed by atoms with Crippen LogP contribution < -0.4 is 0 Å². The highest BCUT2D eigenvalue weighted by atomic mass is 32.2. The summed E-state index contributed by atoms with van der Waals surface area (Å²) in [6.45, 7) is 0. The highest BCUT2D eigenvalue weighted by Crippen LogP contribution is 2.17. The lowest BCUT2D eigenvalue weighted by molar-refractivity contribution is 0.339. The second-order valence-corrected chi connectivity index (χ2v) is 5.47. The van der Waals surface area contributed by atoms with Crippen LogP contribution in [0, 0.1) is 11.3 Å². The topological polar surface area (TPSA) is 99.8 Å². The highest BCUT2D eigenvalue weighted by Gasteiger charge is 2.16. The summed E-state index contributed by atoms with van der Waals surface area (Å²) in [4.78, 5) is -0.172. The van der Waals surface area contributed by atoms with Gasteiger partial charge in [0.1, 0.15) is 16.7 Å². The Balaban J connectivity index is 2.26. The van der Waals surface area contributed by atoms with Gasteiger partial charge in [0, 0.05) is 5.56 Å². The molecule has 0 amide bonds. The Kier molecular flexibility index (Phi) is 4.21. The maximum atomic E-state index is 11.9. The standard InChI is InChI=1S/C14H10N2O4S/c15-10-14(11-4-2-1-3-5-11)16-20-21(18,19)13-8-6-12(17)7-9-13/h1-9,17H. The van der Waals surface area contributed by atoms with Gasteiger partial charge in [0.05, 0.1) is 0 Å². The molecule has 2 aromatic rings. The number of oxime groups is 1. The molecule has 21 heavy (non-hydrogen) atoms. The van der Waals surface area contributed by atoms with Crippen LogP contribution in [-0.2, 0) is 14.4 Å². The zero-order valence-electron chi connectivity index (χ0n) is 10.7. The van der Waals surface area contributed by atoms with Crippen LogP contribution in [0.3, 0.4) is 0 Å². The maximum Gasteiger partial charge on any atom is 0.358 e. The molecule has 106 valence electrons. The molecule has 0 radical (unpaired) electrons. The molecule has 0 spiro atoms. The molecule has 0 bridgehead atoms. The average molecular weight is 302 g/mol. The molecule has 0 saturated carbocycles. The van der Waals surface area contributed by atoms with Gasteiger partial charge in [-0.25, -0.2) is 0 Å². The van der Waals surface area contributed by atoms with Crippen molar-refractivity contribution >= 4 is 15.8 Å². The molecule has 0 aliphatic rings. The Bertz CT molecular complexity index is 791. The fraction of sp³-hybridized carbons (Fsp3) is 0. The van der Waals surface area contributed by atoms with E-state index in [4.69, 9.17) is 10.4 Å². The molecule has 1 N–H and O–H groups in total. The second-order valence-electron chi connectivity index (χ2n) is 3.94. The monoisotopic (exact) mass is 302 g/mol. The number of nitrogens with zero attached hydrogens (tertiary/aromatic N) is 2. The first-order valence-electron chi connectivity index (χ1n) is 5.79. The maximum absolute atomic E-state index is 11.9. The number of phenols is 1. The normalized spacial score (nSPS) is 11.7. The van der Waals surface area contributed by atoms with Gasteiger partial charge < -0.3 is 5.11 Å². The van der Waals surface area contributed by atoms with Crippen molar-refractivity contribution < 1.29 is 17.8 Å². The summed E-state index contributed by atoms with van der Waals surface area (Å²) in [6, 6.07) is 14.9. The number of rotatable bonds is 4. The van der Waals surface area contributed by atoms with Gasteiger partial charge in [-0.3, -0.25) is 4.28 Å². The van der Waals surface area contributed by atoms with Gasteiger partial charge in [0.2, 0.25) is 0 Å². The van der Waals surface area contributed by atoms with E-state index in [9.17, 15) is 8.42 Å². The van der Waals surface area contributed by atoms with Gasteiger partial charge in [0.25, 0.3) is 0 Å². The molecular formula is C14H10N2O4S. The Morgan fingerprint density at radius 1 is 1.10 bits per heavy atom. The predicted molar refractivity (Wildman–Crippen MR) is 75.0 cm³/mol. The summed E-state index contributed by atoms with van der Waals surface area (Å²) in [7, 11) is -4.14. The Hall–Kier alpha value is -2.85. The summed E-state index contributed by atoms with van der Waals surface area (Å²) in [6.07, 6.45) is 0. The summed E-state index contributed by atoms with van der Waals surface area (Å²) >= 11 is 0. The molecular weight excluding hydrogens is 292 g/mol. The van der Waals surface area contributed by atoms with E-state index in [0.29, 0.717) is 5.56 Å². The van der Waals surface area contributed by atoms with Gasteiger partial charge in [-0.15, -0.1) is 0 Å². The Morgan fingerprint density at radius 3 is 2.29 bits per heavy atom. The van der Waals surface area contributed by atoms with Crippen LogP contribution >= 0.6 is 0 Å². The molecule has 0 atom stereocenters. The van der Waals surface area contributed by atoms with Gasteiger partial charge in [0.15, 0.2) is 5.71 Å². The van der Waals surface area contributed by atoms with Crippen molar-refractivity contribution in [1.82, 2.24) is 0 Å². The first kappa shape index (κ1) is 14.6. The lowest BCUT2D eigenvalue weighted by Crippen LogP contribution is -2.05. The number of hydrogen-bond donors (Lipinski definition) is 1. The minimum Gasteiger partial charge on any atom is -0.508 e. The molecule has 0 aliphatic carbocycles. The lowest BCUT2D eigenvalue weighted by atomic mass is 10.1. The van der Waals surface area contributed by atoms with Gasteiger partial charge >= 0.3 is 10.1 Å². The fourth-order valence-corrected chi connectivity index (χ4v) is 2.20. The number of nitriles is 1. The zero-order valence-corrected chi connectivity index (χ0v) is 11.5. The third-order valence-electron chi connectivity index (χ3n) is 2.51. The van der Waals surface area contributed by atoms with Crippen LogP contribution in [-0.4, -0.2) is 19.2 Å². The van der Waals surface area contributed by atoms with Crippen molar-refractivity contribution in [3.63, 3.8) is 0 Å². The van der Waals surface area contributed by atoms with E-state index in [2.05, 4.69) is 9.44 Å². The third-order valence-corrected chi connectivity index (χ3v) is 3.63. The van der Waals surface area contributed by atoms with Crippen molar-refractivity contribution in [3.05, 3.63) is 60.2 Å². The first-order chi connectivity index (χ1) is 10.0. The van der Waals surface area contributed by atoms with Gasteiger partial charge in [-0.1, -0.05) is 35.5 Å². The number of aromatic hydroxyl groups is 1. The van der Waals surface area contributed by atoms with Crippen molar-refractivity contribution in [1.29, 1.82) is 5.26 Å². The highest BCUT2D eigenvalue weighted by molar-refractivity contribution is 7.86. The number of phenolic OH excluding ortho intramolecular Hbond substituents is 1. The van der Waals surface area contributed by atoms with Crippen LogP contribution in [0.15, 0.2) is 64.6 Å².